The Kier molecular flexibility index (Phi) is 4.87. The molecule has 0 spiro atoms. The first-order valence-electron chi connectivity index (χ1n) is 9.85. The van der Waals surface area contributed by atoms with Crippen LogP contribution >= 0.6 is 22.6 Å². The molecule has 3 aromatic heterocycles. The van der Waals surface area contributed by atoms with Gasteiger partial charge in [0.25, 0.3) is 5.91 Å². The van der Waals surface area contributed by atoms with Gasteiger partial charge in [-0.25, -0.2) is 4.98 Å². The van der Waals surface area contributed by atoms with Crippen molar-refractivity contribution < 1.29 is 4.79 Å². The van der Waals surface area contributed by atoms with Crippen molar-refractivity contribution >= 4 is 39.5 Å². The molecule has 1 saturated heterocycles. The van der Waals surface area contributed by atoms with Crippen LogP contribution in [-0.4, -0.2) is 38.4 Å². The van der Waals surface area contributed by atoms with Crippen molar-refractivity contribution in [3.8, 4) is 5.69 Å². The number of fused-ring (bicyclic) bond motifs is 1. The van der Waals surface area contributed by atoms with Crippen LogP contribution in [0.25, 0.3) is 16.7 Å². The lowest BCUT2D eigenvalue weighted by atomic mass is 9.89. The van der Waals surface area contributed by atoms with Gasteiger partial charge in [0, 0.05) is 46.3 Å². The summed E-state index contributed by atoms with van der Waals surface area (Å²) in [4.78, 5) is 22.9. The third-order valence-electron chi connectivity index (χ3n) is 5.76. The maximum Gasteiger partial charge on any atom is 0.270 e. The van der Waals surface area contributed by atoms with Crippen LogP contribution in [0.1, 0.15) is 34.8 Å². The summed E-state index contributed by atoms with van der Waals surface area (Å²) in [5.74, 6) is 0.562. The van der Waals surface area contributed by atoms with E-state index in [1.54, 1.807) is 0 Å². The molecule has 5 rings (SSSR count). The van der Waals surface area contributed by atoms with E-state index in [9.17, 15) is 4.79 Å². The van der Waals surface area contributed by atoms with Gasteiger partial charge in [-0.05, 0) is 89.4 Å². The number of hydrogen-bond acceptors (Lipinski definition) is 2. The van der Waals surface area contributed by atoms with E-state index in [-0.39, 0.29) is 5.91 Å². The Morgan fingerprint density at radius 1 is 1.10 bits per heavy atom. The molecule has 0 saturated carbocycles. The lowest BCUT2D eigenvalue weighted by Crippen LogP contribution is -2.38. The smallest absolute Gasteiger partial charge is 0.270 e. The van der Waals surface area contributed by atoms with Crippen molar-refractivity contribution in [1.29, 1.82) is 0 Å². The van der Waals surface area contributed by atoms with Crippen molar-refractivity contribution in [3.63, 3.8) is 0 Å². The van der Waals surface area contributed by atoms with Gasteiger partial charge in [-0.2, -0.15) is 0 Å². The number of H-pyrrole nitrogens is 1. The van der Waals surface area contributed by atoms with E-state index in [0.29, 0.717) is 5.92 Å². The van der Waals surface area contributed by atoms with Crippen LogP contribution in [-0.2, 0) is 0 Å². The molecule has 1 N–H and O–H groups in total. The Morgan fingerprint density at radius 3 is 2.79 bits per heavy atom. The van der Waals surface area contributed by atoms with Crippen molar-refractivity contribution in [1.82, 2.24) is 19.4 Å². The van der Waals surface area contributed by atoms with Gasteiger partial charge in [-0.1, -0.05) is 6.07 Å². The Morgan fingerprint density at radius 2 is 1.97 bits per heavy atom. The first kappa shape index (κ1) is 18.4. The predicted molar refractivity (Wildman–Crippen MR) is 122 cm³/mol. The van der Waals surface area contributed by atoms with E-state index in [1.807, 2.05) is 52.2 Å². The number of aromatic amines is 1. The van der Waals surface area contributed by atoms with Crippen LogP contribution in [0.4, 0.5) is 0 Å². The standard InChI is InChI=1S/C23H21IN4O/c24-17-4-1-5-18(14-17)28-11-3-7-21(28)23(29)27-12-8-16(9-13-27)20-15-26-22-19(20)6-2-10-25-22/h1-7,10-11,14-16H,8-9,12-13H2,(H,25,26). The van der Waals surface area contributed by atoms with Crippen LogP contribution in [0, 0.1) is 3.57 Å². The highest BCUT2D eigenvalue weighted by atomic mass is 127. The number of carbonyl (C=O) groups excluding carboxylic acids is 1. The zero-order chi connectivity index (χ0) is 19.8. The predicted octanol–water partition coefficient (Wildman–Crippen LogP) is 4.98. The highest BCUT2D eigenvalue weighted by molar-refractivity contribution is 14.1. The fourth-order valence-electron chi connectivity index (χ4n) is 4.28. The number of benzene rings is 1. The molecule has 0 unspecified atom stereocenters. The number of halogens is 1. The number of carbonyl (C=O) groups is 1. The largest absolute Gasteiger partial charge is 0.346 e. The van der Waals surface area contributed by atoms with Crippen LogP contribution in [0.5, 0.6) is 0 Å². The summed E-state index contributed by atoms with van der Waals surface area (Å²) >= 11 is 2.30. The topological polar surface area (TPSA) is 53.9 Å². The molecule has 1 amide bonds. The molecule has 0 atom stereocenters. The summed E-state index contributed by atoms with van der Waals surface area (Å²) in [6.07, 6.45) is 7.80. The first-order chi connectivity index (χ1) is 14.2. The van der Waals surface area contributed by atoms with E-state index in [4.69, 9.17) is 0 Å². The third-order valence-corrected chi connectivity index (χ3v) is 6.43. The summed E-state index contributed by atoms with van der Waals surface area (Å²) in [6.45, 7) is 1.54. The lowest BCUT2D eigenvalue weighted by Gasteiger charge is -2.32. The molecule has 4 heterocycles. The highest BCUT2D eigenvalue weighted by Crippen LogP contribution is 2.33. The molecule has 4 aromatic rings. The van der Waals surface area contributed by atoms with Gasteiger partial charge in [0.15, 0.2) is 0 Å². The van der Waals surface area contributed by atoms with Gasteiger partial charge in [-0.15, -0.1) is 0 Å². The SMILES string of the molecule is O=C(c1cccn1-c1cccc(I)c1)N1CCC(c2c[nH]c3ncccc23)CC1. The van der Waals surface area contributed by atoms with Crippen LogP contribution in [0.15, 0.2) is 67.1 Å². The van der Waals surface area contributed by atoms with E-state index in [1.165, 1.54) is 10.9 Å². The average molecular weight is 496 g/mol. The summed E-state index contributed by atoms with van der Waals surface area (Å²) in [5, 5.41) is 1.20. The number of nitrogens with one attached hydrogen (secondary N) is 1. The zero-order valence-corrected chi connectivity index (χ0v) is 18.0. The molecule has 5 nitrogen and oxygen atoms in total. The number of piperidine rings is 1. The van der Waals surface area contributed by atoms with Crippen molar-refractivity contribution in [2.24, 2.45) is 0 Å². The number of amides is 1. The molecule has 1 aliphatic heterocycles. The fourth-order valence-corrected chi connectivity index (χ4v) is 4.80. The molecule has 1 fully saturated rings. The average Bonchev–Trinajstić information content (AvgIpc) is 3.41. The van der Waals surface area contributed by atoms with Crippen LogP contribution in [0.2, 0.25) is 0 Å². The van der Waals surface area contributed by atoms with Gasteiger partial charge in [0.05, 0.1) is 0 Å². The van der Waals surface area contributed by atoms with E-state index >= 15 is 0 Å². The second-order valence-electron chi connectivity index (χ2n) is 7.45. The van der Waals surface area contributed by atoms with E-state index < -0.39 is 0 Å². The minimum absolute atomic E-state index is 0.105. The fraction of sp³-hybridized carbons (Fsp3) is 0.217. The quantitative estimate of drug-likeness (QED) is 0.407. The van der Waals surface area contributed by atoms with Gasteiger partial charge >= 0.3 is 0 Å². The monoisotopic (exact) mass is 496 g/mol. The van der Waals surface area contributed by atoms with Crippen molar-refractivity contribution in [2.75, 3.05) is 13.1 Å². The van der Waals surface area contributed by atoms with Gasteiger partial charge < -0.3 is 14.5 Å². The zero-order valence-electron chi connectivity index (χ0n) is 15.9. The number of hydrogen-bond donors (Lipinski definition) is 1. The van der Waals surface area contributed by atoms with Gasteiger partial charge in [0.1, 0.15) is 11.3 Å². The Labute approximate surface area is 182 Å². The minimum Gasteiger partial charge on any atom is -0.346 e. The number of rotatable bonds is 3. The maximum atomic E-state index is 13.2. The number of pyridine rings is 1. The Balaban J connectivity index is 1.33. The molecule has 0 radical (unpaired) electrons. The molecular weight excluding hydrogens is 475 g/mol. The number of nitrogens with zero attached hydrogens (tertiary/aromatic N) is 3. The molecule has 6 heteroatoms. The minimum atomic E-state index is 0.105. The molecule has 1 aromatic carbocycles. The molecule has 29 heavy (non-hydrogen) atoms. The summed E-state index contributed by atoms with van der Waals surface area (Å²) in [5.41, 5.74) is 4.01. The molecule has 146 valence electrons. The van der Waals surface area contributed by atoms with E-state index in [2.05, 4.69) is 57.0 Å². The first-order valence-corrected chi connectivity index (χ1v) is 10.9. The maximum absolute atomic E-state index is 13.2. The summed E-state index contributed by atoms with van der Waals surface area (Å²) in [7, 11) is 0. The van der Waals surface area contributed by atoms with Crippen molar-refractivity contribution in [2.45, 2.75) is 18.8 Å². The lowest BCUT2D eigenvalue weighted by molar-refractivity contribution is 0.0705. The normalized spacial score (nSPS) is 15.1. The summed E-state index contributed by atoms with van der Waals surface area (Å²) in [6, 6.07) is 16.2. The highest BCUT2D eigenvalue weighted by Gasteiger charge is 2.27. The number of aromatic nitrogens is 3. The molecule has 0 aliphatic carbocycles. The van der Waals surface area contributed by atoms with E-state index in [0.717, 1.165) is 46.5 Å². The number of likely N-dealkylation sites (tertiary alicyclic amines) is 1. The molecular formula is C23H21IN4O. The Hall–Kier alpha value is -2.61. The second kappa shape index (κ2) is 7.67. The van der Waals surface area contributed by atoms with Gasteiger partial charge in [0.2, 0.25) is 0 Å². The van der Waals surface area contributed by atoms with Gasteiger partial charge in [-0.3, -0.25) is 4.79 Å². The second-order valence-corrected chi connectivity index (χ2v) is 8.70. The van der Waals surface area contributed by atoms with Crippen LogP contribution < -0.4 is 0 Å². The van der Waals surface area contributed by atoms with Crippen molar-refractivity contribution in [3.05, 3.63) is 81.9 Å². The molecule has 0 bridgehead atoms. The molecule has 1 aliphatic rings. The third kappa shape index (κ3) is 3.46. The summed E-state index contributed by atoms with van der Waals surface area (Å²) < 4.78 is 3.14. The van der Waals surface area contributed by atoms with Crippen LogP contribution in [0.3, 0.4) is 0 Å². The Bertz CT molecular complexity index is 1170.